The Bertz CT molecular complexity index is 690. The highest BCUT2D eigenvalue weighted by molar-refractivity contribution is 5.85. The zero-order valence-electron chi connectivity index (χ0n) is 13.2. The molecular formula is C18H22N4O. The van der Waals surface area contributed by atoms with E-state index in [4.69, 9.17) is 0 Å². The Morgan fingerprint density at radius 2 is 2.13 bits per heavy atom. The van der Waals surface area contributed by atoms with Gasteiger partial charge in [-0.25, -0.2) is 9.67 Å². The lowest BCUT2D eigenvalue weighted by atomic mass is 9.95. The van der Waals surface area contributed by atoms with E-state index in [1.54, 1.807) is 6.33 Å². The van der Waals surface area contributed by atoms with Gasteiger partial charge in [0.05, 0.1) is 6.54 Å². The first kappa shape index (κ1) is 14.4. The second kappa shape index (κ2) is 5.80. The number of amides is 1. The fourth-order valence-electron chi connectivity index (χ4n) is 3.46. The first-order valence-corrected chi connectivity index (χ1v) is 8.47. The molecule has 5 heteroatoms. The monoisotopic (exact) mass is 310 g/mol. The number of rotatable bonds is 5. The molecule has 0 radical (unpaired) electrons. The maximum atomic E-state index is 12.7. The summed E-state index contributed by atoms with van der Waals surface area (Å²) in [6.07, 6.45) is 7.42. The molecule has 0 saturated heterocycles. The van der Waals surface area contributed by atoms with Crippen LogP contribution in [0.15, 0.2) is 36.7 Å². The molecule has 1 aliphatic heterocycles. The number of carbonyl (C=O) groups is 1. The van der Waals surface area contributed by atoms with Gasteiger partial charge in [0.25, 0.3) is 0 Å². The van der Waals surface area contributed by atoms with Gasteiger partial charge in [-0.3, -0.25) is 4.79 Å². The van der Waals surface area contributed by atoms with E-state index >= 15 is 0 Å². The number of aryl methyl sites for hydroxylation is 2. The Labute approximate surface area is 136 Å². The Balaban J connectivity index is 1.34. The topological polar surface area (TPSA) is 59.8 Å². The molecule has 2 aromatic rings. The molecule has 23 heavy (non-hydrogen) atoms. The quantitative estimate of drug-likeness (QED) is 0.920. The summed E-state index contributed by atoms with van der Waals surface area (Å²) in [4.78, 5) is 16.9. The molecule has 2 aliphatic rings. The molecule has 1 N–H and O–H groups in total. The predicted octanol–water partition coefficient (Wildman–Crippen LogP) is 2.12. The Hall–Kier alpha value is -2.17. The normalized spacial score (nSPS) is 21.5. The van der Waals surface area contributed by atoms with Crippen LogP contribution < -0.4 is 5.32 Å². The van der Waals surface area contributed by atoms with Crippen molar-refractivity contribution >= 4 is 5.91 Å². The fourth-order valence-corrected chi connectivity index (χ4v) is 3.46. The molecule has 5 nitrogen and oxygen atoms in total. The van der Waals surface area contributed by atoms with Gasteiger partial charge in [-0.05, 0) is 37.7 Å². The lowest BCUT2D eigenvalue weighted by Gasteiger charge is -2.26. The van der Waals surface area contributed by atoms with E-state index in [1.165, 1.54) is 5.56 Å². The molecule has 1 atom stereocenters. The number of fused-ring (bicyclic) bond motifs is 1. The number of carbonyl (C=O) groups excluding carboxylic acids is 1. The maximum absolute atomic E-state index is 12.7. The summed E-state index contributed by atoms with van der Waals surface area (Å²) in [5.41, 5.74) is 1.19. The summed E-state index contributed by atoms with van der Waals surface area (Å²) in [5.74, 6) is 1.27. The number of nitrogens with zero attached hydrogens (tertiary/aromatic N) is 3. The van der Waals surface area contributed by atoms with Gasteiger partial charge in [-0.15, -0.1) is 0 Å². The largest absolute Gasteiger partial charge is 0.351 e. The van der Waals surface area contributed by atoms with Crippen LogP contribution in [0.2, 0.25) is 0 Å². The van der Waals surface area contributed by atoms with Crippen LogP contribution >= 0.6 is 0 Å². The summed E-state index contributed by atoms with van der Waals surface area (Å²) in [6, 6.07) is 10.6. The van der Waals surface area contributed by atoms with Crippen LogP contribution in [0.5, 0.6) is 0 Å². The highest BCUT2D eigenvalue weighted by Gasteiger charge is 2.49. The van der Waals surface area contributed by atoms with E-state index in [9.17, 15) is 4.79 Å². The number of benzene rings is 1. The van der Waals surface area contributed by atoms with Gasteiger partial charge < -0.3 is 5.32 Å². The van der Waals surface area contributed by atoms with Gasteiger partial charge in [0.15, 0.2) is 0 Å². The molecule has 1 amide bonds. The van der Waals surface area contributed by atoms with Crippen molar-refractivity contribution in [3.05, 3.63) is 48.0 Å². The third-order valence-electron chi connectivity index (χ3n) is 5.21. The molecule has 1 aliphatic carbocycles. The minimum atomic E-state index is -0.127. The van der Waals surface area contributed by atoms with Crippen LogP contribution in [0.25, 0.3) is 0 Å². The van der Waals surface area contributed by atoms with Gasteiger partial charge in [-0.2, -0.15) is 5.10 Å². The van der Waals surface area contributed by atoms with Crippen LogP contribution in [0.1, 0.15) is 37.1 Å². The standard InChI is InChI=1S/C18H22N4O/c23-17(21-15-6-7-16-19-13-20-22(16)12-15)18(10-11-18)9-8-14-4-2-1-3-5-14/h1-5,13,15H,6-12H2,(H,21,23). The first-order chi connectivity index (χ1) is 11.3. The highest BCUT2D eigenvalue weighted by Crippen LogP contribution is 2.49. The summed E-state index contributed by atoms with van der Waals surface area (Å²) in [6.45, 7) is 0.746. The molecule has 2 heterocycles. The van der Waals surface area contributed by atoms with Crippen LogP contribution in [0.3, 0.4) is 0 Å². The minimum absolute atomic E-state index is 0.127. The number of hydrogen-bond donors (Lipinski definition) is 1. The summed E-state index contributed by atoms with van der Waals surface area (Å²) >= 11 is 0. The minimum Gasteiger partial charge on any atom is -0.351 e. The second-order valence-electron chi connectivity index (χ2n) is 6.83. The molecular weight excluding hydrogens is 288 g/mol. The molecule has 1 aromatic carbocycles. The number of aromatic nitrogens is 3. The van der Waals surface area contributed by atoms with Crippen LogP contribution in [-0.2, 0) is 24.2 Å². The maximum Gasteiger partial charge on any atom is 0.226 e. The fraction of sp³-hybridized carbons (Fsp3) is 0.500. The zero-order chi connectivity index (χ0) is 15.7. The van der Waals surface area contributed by atoms with Crippen molar-refractivity contribution in [2.45, 2.75) is 51.1 Å². The van der Waals surface area contributed by atoms with Crippen molar-refractivity contribution in [1.82, 2.24) is 20.1 Å². The third-order valence-corrected chi connectivity index (χ3v) is 5.21. The molecule has 120 valence electrons. The highest BCUT2D eigenvalue weighted by atomic mass is 16.2. The van der Waals surface area contributed by atoms with Crippen LogP contribution in [0.4, 0.5) is 0 Å². The average Bonchev–Trinajstić information content (AvgIpc) is 3.24. The van der Waals surface area contributed by atoms with Crippen molar-refractivity contribution in [3.63, 3.8) is 0 Å². The van der Waals surface area contributed by atoms with Gasteiger partial charge in [-0.1, -0.05) is 30.3 Å². The lowest BCUT2D eigenvalue weighted by Crippen LogP contribution is -2.44. The molecule has 4 rings (SSSR count). The zero-order valence-corrected chi connectivity index (χ0v) is 13.2. The predicted molar refractivity (Wildman–Crippen MR) is 86.7 cm³/mol. The van der Waals surface area contributed by atoms with E-state index in [1.807, 2.05) is 10.7 Å². The third kappa shape index (κ3) is 3.00. The molecule has 0 spiro atoms. The molecule has 1 aromatic heterocycles. The van der Waals surface area contributed by atoms with Crippen molar-refractivity contribution in [1.29, 1.82) is 0 Å². The SMILES string of the molecule is O=C(NC1CCc2ncnn2C1)C1(CCc2ccccc2)CC1. The van der Waals surface area contributed by atoms with E-state index in [2.05, 4.69) is 39.7 Å². The van der Waals surface area contributed by atoms with Crippen LogP contribution in [0, 0.1) is 5.41 Å². The van der Waals surface area contributed by atoms with E-state index in [0.29, 0.717) is 0 Å². The summed E-state index contributed by atoms with van der Waals surface area (Å²) < 4.78 is 1.91. The van der Waals surface area contributed by atoms with E-state index < -0.39 is 0 Å². The van der Waals surface area contributed by atoms with E-state index in [-0.39, 0.29) is 17.4 Å². The Kier molecular flexibility index (Phi) is 3.63. The van der Waals surface area contributed by atoms with Gasteiger partial charge >= 0.3 is 0 Å². The van der Waals surface area contributed by atoms with E-state index in [0.717, 1.165) is 50.9 Å². The summed E-state index contributed by atoms with van der Waals surface area (Å²) in [7, 11) is 0. The van der Waals surface area contributed by atoms with Crippen molar-refractivity contribution in [2.24, 2.45) is 5.41 Å². The average molecular weight is 310 g/mol. The Morgan fingerprint density at radius 3 is 2.91 bits per heavy atom. The van der Waals surface area contributed by atoms with Crippen LogP contribution in [-0.4, -0.2) is 26.7 Å². The van der Waals surface area contributed by atoms with Crippen molar-refractivity contribution < 1.29 is 4.79 Å². The van der Waals surface area contributed by atoms with Gasteiger partial charge in [0, 0.05) is 17.9 Å². The number of hydrogen-bond acceptors (Lipinski definition) is 3. The molecule has 1 unspecified atom stereocenters. The Morgan fingerprint density at radius 1 is 1.30 bits per heavy atom. The lowest BCUT2D eigenvalue weighted by molar-refractivity contribution is -0.127. The molecule has 1 fully saturated rings. The van der Waals surface area contributed by atoms with Gasteiger partial charge in [0.2, 0.25) is 5.91 Å². The second-order valence-corrected chi connectivity index (χ2v) is 6.83. The van der Waals surface area contributed by atoms with Gasteiger partial charge in [0.1, 0.15) is 12.2 Å². The smallest absolute Gasteiger partial charge is 0.226 e. The number of nitrogens with one attached hydrogen (secondary N) is 1. The van der Waals surface area contributed by atoms with Crippen molar-refractivity contribution in [2.75, 3.05) is 0 Å². The van der Waals surface area contributed by atoms with Crippen molar-refractivity contribution in [3.8, 4) is 0 Å². The molecule has 0 bridgehead atoms. The summed E-state index contributed by atoms with van der Waals surface area (Å²) in [5, 5.41) is 7.48. The molecule has 1 saturated carbocycles. The first-order valence-electron chi connectivity index (χ1n) is 8.47.